The van der Waals surface area contributed by atoms with E-state index in [0.717, 1.165) is 24.1 Å². The largest absolute Gasteiger partial charge is 0.326 e. The lowest BCUT2D eigenvalue weighted by molar-refractivity contribution is -0.121. The first kappa shape index (κ1) is 19.0. The summed E-state index contributed by atoms with van der Waals surface area (Å²) in [7, 11) is 0. The number of rotatable bonds is 5. The van der Waals surface area contributed by atoms with Crippen LogP contribution in [-0.2, 0) is 15.1 Å². The summed E-state index contributed by atoms with van der Waals surface area (Å²) in [6, 6.07) is 16.3. The second-order valence-corrected chi connectivity index (χ2v) is 6.36. The lowest BCUT2D eigenvalue weighted by Crippen LogP contribution is -2.45. The monoisotopic (exact) mass is 359 g/mol. The topological polar surface area (TPSA) is 84.2 Å². The number of amides is 2. The van der Waals surface area contributed by atoms with Crippen LogP contribution in [0.4, 0.5) is 11.4 Å². The molecule has 0 aliphatic heterocycles. The van der Waals surface area contributed by atoms with Crippen LogP contribution >= 0.6 is 12.4 Å². The Labute approximate surface area is 153 Å². The van der Waals surface area contributed by atoms with Gasteiger partial charge in [0.1, 0.15) is 5.54 Å². The van der Waals surface area contributed by atoms with Crippen LogP contribution in [0.5, 0.6) is 0 Å². The minimum Gasteiger partial charge on any atom is -0.326 e. The summed E-state index contributed by atoms with van der Waals surface area (Å²) >= 11 is 0. The highest BCUT2D eigenvalue weighted by Gasteiger charge is 2.31. The van der Waals surface area contributed by atoms with Gasteiger partial charge in [-0.25, -0.2) is 0 Å². The second kappa shape index (κ2) is 7.68. The zero-order valence-electron chi connectivity index (χ0n) is 14.0. The molecule has 2 amide bonds. The number of halogens is 1. The van der Waals surface area contributed by atoms with Gasteiger partial charge < -0.3 is 16.4 Å². The van der Waals surface area contributed by atoms with Crippen molar-refractivity contribution in [3.63, 3.8) is 0 Å². The van der Waals surface area contributed by atoms with E-state index in [1.807, 2.05) is 30.3 Å². The van der Waals surface area contributed by atoms with Crippen LogP contribution in [0.2, 0.25) is 0 Å². The summed E-state index contributed by atoms with van der Waals surface area (Å²) in [6.45, 7) is 1.68. The summed E-state index contributed by atoms with van der Waals surface area (Å²) < 4.78 is 0. The Hall–Kier alpha value is -2.37. The highest BCUT2D eigenvalue weighted by Crippen LogP contribution is 2.30. The fraction of sp³-hybridized carbons (Fsp3) is 0.263. The Morgan fingerprint density at radius 2 is 1.48 bits per heavy atom. The summed E-state index contributed by atoms with van der Waals surface area (Å²) in [5.41, 5.74) is 7.18. The van der Waals surface area contributed by atoms with Crippen molar-refractivity contribution in [1.29, 1.82) is 0 Å². The molecule has 132 valence electrons. The maximum Gasteiger partial charge on any atom is 0.248 e. The van der Waals surface area contributed by atoms with Gasteiger partial charge in [0.2, 0.25) is 11.8 Å². The molecule has 1 aliphatic carbocycles. The summed E-state index contributed by atoms with van der Waals surface area (Å²) in [5, 5.41) is 5.68. The van der Waals surface area contributed by atoms with Crippen molar-refractivity contribution in [2.45, 2.75) is 25.3 Å². The number of anilines is 2. The van der Waals surface area contributed by atoms with Gasteiger partial charge in [-0.1, -0.05) is 30.3 Å². The third-order valence-corrected chi connectivity index (χ3v) is 4.20. The molecule has 0 saturated heterocycles. The minimum atomic E-state index is -1.12. The van der Waals surface area contributed by atoms with Crippen LogP contribution < -0.4 is 16.4 Å². The highest BCUT2D eigenvalue weighted by atomic mass is 35.5. The zero-order chi connectivity index (χ0) is 17.2. The number of nitrogens with one attached hydrogen (secondary N) is 2. The molecule has 3 rings (SSSR count). The Balaban J connectivity index is 0.00000225. The number of hydrogen-bond acceptors (Lipinski definition) is 3. The van der Waals surface area contributed by atoms with E-state index < -0.39 is 5.54 Å². The van der Waals surface area contributed by atoms with Gasteiger partial charge >= 0.3 is 0 Å². The summed E-state index contributed by atoms with van der Waals surface area (Å²) in [6.07, 6.45) is 1.93. The first-order valence-corrected chi connectivity index (χ1v) is 8.03. The quantitative estimate of drug-likeness (QED) is 0.766. The van der Waals surface area contributed by atoms with E-state index >= 15 is 0 Å². The molecule has 4 N–H and O–H groups in total. The van der Waals surface area contributed by atoms with Gasteiger partial charge in [-0.15, -0.1) is 12.4 Å². The Bertz CT molecular complexity index is 741. The molecule has 0 aromatic heterocycles. The maximum atomic E-state index is 12.5. The predicted octanol–water partition coefficient (Wildman–Crippen LogP) is 3.27. The average Bonchev–Trinajstić information content (AvgIpc) is 3.42. The van der Waals surface area contributed by atoms with Crippen molar-refractivity contribution in [2.24, 2.45) is 11.7 Å². The number of nitrogens with two attached hydrogens (primary N) is 1. The Kier molecular flexibility index (Phi) is 5.82. The van der Waals surface area contributed by atoms with E-state index in [2.05, 4.69) is 10.6 Å². The van der Waals surface area contributed by atoms with E-state index in [9.17, 15) is 9.59 Å². The predicted molar refractivity (Wildman–Crippen MR) is 102 cm³/mol. The molecule has 1 aliphatic rings. The maximum absolute atomic E-state index is 12.5. The first-order valence-electron chi connectivity index (χ1n) is 8.03. The SMILES string of the molecule is CC(N)(C(=O)Nc1ccc(NC(=O)C2CC2)cc1)c1ccccc1.Cl. The minimum absolute atomic E-state index is 0. The van der Waals surface area contributed by atoms with Crippen LogP contribution in [0.25, 0.3) is 0 Å². The first-order chi connectivity index (χ1) is 11.5. The Morgan fingerprint density at radius 1 is 0.960 bits per heavy atom. The summed E-state index contributed by atoms with van der Waals surface area (Å²) in [4.78, 5) is 24.2. The van der Waals surface area contributed by atoms with Crippen LogP contribution in [-0.4, -0.2) is 11.8 Å². The smallest absolute Gasteiger partial charge is 0.248 e. The van der Waals surface area contributed by atoms with E-state index in [1.54, 1.807) is 31.2 Å². The van der Waals surface area contributed by atoms with E-state index in [0.29, 0.717) is 5.69 Å². The molecule has 2 aromatic rings. The summed E-state index contributed by atoms with van der Waals surface area (Å²) in [5.74, 6) is -0.0675. The molecular weight excluding hydrogens is 338 g/mol. The van der Waals surface area contributed by atoms with Gasteiger partial charge in [-0.3, -0.25) is 9.59 Å². The second-order valence-electron chi connectivity index (χ2n) is 6.36. The molecule has 1 unspecified atom stereocenters. The highest BCUT2D eigenvalue weighted by molar-refractivity contribution is 5.99. The van der Waals surface area contributed by atoms with Crippen molar-refractivity contribution in [2.75, 3.05) is 10.6 Å². The number of hydrogen-bond donors (Lipinski definition) is 3. The molecule has 25 heavy (non-hydrogen) atoms. The molecule has 0 bridgehead atoms. The number of benzene rings is 2. The molecule has 5 nitrogen and oxygen atoms in total. The van der Waals surface area contributed by atoms with Crippen molar-refractivity contribution in [1.82, 2.24) is 0 Å². The van der Waals surface area contributed by atoms with Gasteiger partial charge in [0.05, 0.1) is 0 Å². The van der Waals surface area contributed by atoms with E-state index in [1.165, 1.54) is 0 Å². The molecule has 1 atom stereocenters. The van der Waals surface area contributed by atoms with E-state index in [-0.39, 0.29) is 30.1 Å². The molecule has 0 radical (unpaired) electrons. The third-order valence-electron chi connectivity index (χ3n) is 4.20. The molecule has 1 saturated carbocycles. The van der Waals surface area contributed by atoms with Crippen LogP contribution in [0.15, 0.2) is 54.6 Å². The number of carbonyl (C=O) groups excluding carboxylic acids is 2. The van der Waals surface area contributed by atoms with Gasteiger partial charge in [0.25, 0.3) is 0 Å². The standard InChI is InChI=1S/C19H21N3O2.ClH/c1-19(20,14-5-3-2-4-6-14)18(24)22-16-11-9-15(10-12-16)21-17(23)13-7-8-13;/h2-6,9-13H,7-8,20H2,1H3,(H,21,23)(H,22,24);1H. The fourth-order valence-corrected chi connectivity index (χ4v) is 2.40. The van der Waals surface area contributed by atoms with Crippen LogP contribution in [0, 0.1) is 5.92 Å². The van der Waals surface area contributed by atoms with Gasteiger partial charge in [0.15, 0.2) is 0 Å². The lowest BCUT2D eigenvalue weighted by Gasteiger charge is -2.24. The van der Waals surface area contributed by atoms with Crippen molar-refractivity contribution < 1.29 is 9.59 Å². The lowest BCUT2D eigenvalue weighted by atomic mass is 9.92. The van der Waals surface area contributed by atoms with Gasteiger partial charge in [-0.05, 0) is 49.6 Å². The van der Waals surface area contributed by atoms with Crippen molar-refractivity contribution in [3.05, 3.63) is 60.2 Å². The van der Waals surface area contributed by atoms with Gasteiger partial charge in [-0.2, -0.15) is 0 Å². The third kappa shape index (κ3) is 4.59. The average molecular weight is 360 g/mol. The zero-order valence-corrected chi connectivity index (χ0v) is 14.8. The van der Waals surface area contributed by atoms with Crippen molar-refractivity contribution >= 4 is 35.6 Å². The number of carbonyl (C=O) groups is 2. The molecule has 0 heterocycles. The fourth-order valence-electron chi connectivity index (χ4n) is 2.40. The Morgan fingerprint density at radius 3 is 2.00 bits per heavy atom. The van der Waals surface area contributed by atoms with E-state index in [4.69, 9.17) is 5.73 Å². The van der Waals surface area contributed by atoms with Crippen LogP contribution in [0.1, 0.15) is 25.3 Å². The van der Waals surface area contributed by atoms with Crippen LogP contribution in [0.3, 0.4) is 0 Å². The molecule has 2 aromatic carbocycles. The normalized spacial score (nSPS) is 15.4. The van der Waals surface area contributed by atoms with Gasteiger partial charge in [0, 0.05) is 17.3 Å². The van der Waals surface area contributed by atoms with Crippen molar-refractivity contribution in [3.8, 4) is 0 Å². The molecular formula is C19H22ClN3O2. The molecule has 0 spiro atoms. The molecule has 6 heteroatoms. The molecule has 1 fully saturated rings.